The number of nitrogens with zero attached hydrogens (tertiary/aromatic N) is 2. The molecule has 0 spiro atoms. The number of carbonyl (C=O) groups excluding carboxylic acids is 1. The molecule has 7 nitrogen and oxygen atoms in total. The molecule has 1 rings (SSSR count). The van der Waals surface area contributed by atoms with Crippen molar-refractivity contribution in [1.82, 2.24) is 15.6 Å². The molecular weight excluding hydrogens is 318 g/mol. The summed E-state index contributed by atoms with van der Waals surface area (Å²) < 4.78 is 5.51. The maximum atomic E-state index is 11.9. The number of unbranched alkanes of at least 4 members (excludes halogenated alkanes) is 1. The summed E-state index contributed by atoms with van der Waals surface area (Å²) in [4.78, 5) is 20.3. The third kappa shape index (κ3) is 10.3. The number of rotatable bonds is 11. The molecule has 0 aliphatic heterocycles. The molecule has 1 heterocycles. The lowest BCUT2D eigenvalue weighted by Crippen LogP contribution is -2.39. The van der Waals surface area contributed by atoms with Gasteiger partial charge in [0.25, 0.3) is 0 Å². The molecule has 0 aromatic carbocycles. The highest BCUT2D eigenvalue weighted by molar-refractivity contribution is 5.90. The maximum Gasteiger partial charge on any atom is 0.227 e. The van der Waals surface area contributed by atoms with Crippen LogP contribution in [0.15, 0.2) is 23.2 Å². The molecule has 0 unspecified atom stereocenters. The maximum absolute atomic E-state index is 11.9. The highest BCUT2D eigenvalue weighted by atomic mass is 16.5. The predicted molar refractivity (Wildman–Crippen MR) is 102 cm³/mol. The molecule has 140 valence electrons. The standard InChI is InChI=1S/C18H31N5O2/c1-4-5-13-25-14-7-11-20-18(19-3)21-12-10-17(24)23-16-9-6-8-15(2)22-16/h6,8-9H,4-5,7,10-14H2,1-3H3,(H2,19,20,21)(H,22,23,24). The number of carbonyl (C=O) groups is 1. The van der Waals surface area contributed by atoms with Crippen molar-refractivity contribution < 1.29 is 9.53 Å². The number of amides is 1. The Morgan fingerprint density at radius 2 is 1.96 bits per heavy atom. The second-order valence-electron chi connectivity index (χ2n) is 5.71. The molecule has 1 aromatic heterocycles. The van der Waals surface area contributed by atoms with Crippen molar-refractivity contribution >= 4 is 17.7 Å². The number of hydrogen-bond donors (Lipinski definition) is 3. The van der Waals surface area contributed by atoms with Gasteiger partial charge in [-0.25, -0.2) is 4.98 Å². The van der Waals surface area contributed by atoms with Gasteiger partial charge >= 0.3 is 0 Å². The van der Waals surface area contributed by atoms with Gasteiger partial charge < -0.3 is 20.7 Å². The van der Waals surface area contributed by atoms with Crippen LogP contribution in [0.2, 0.25) is 0 Å². The van der Waals surface area contributed by atoms with Gasteiger partial charge in [0.15, 0.2) is 5.96 Å². The van der Waals surface area contributed by atoms with Crippen molar-refractivity contribution in [2.45, 2.75) is 39.5 Å². The fraction of sp³-hybridized carbons (Fsp3) is 0.611. The smallest absolute Gasteiger partial charge is 0.227 e. The average Bonchev–Trinajstić information content (AvgIpc) is 2.59. The van der Waals surface area contributed by atoms with E-state index in [-0.39, 0.29) is 5.91 Å². The first-order chi connectivity index (χ1) is 12.2. The van der Waals surface area contributed by atoms with Crippen molar-refractivity contribution in [1.29, 1.82) is 0 Å². The number of aliphatic imine (C=N–C) groups is 1. The average molecular weight is 349 g/mol. The Bertz CT molecular complexity index is 534. The molecule has 0 fully saturated rings. The number of anilines is 1. The summed E-state index contributed by atoms with van der Waals surface area (Å²) in [7, 11) is 1.71. The third-order valence-corrected chi connectivity index (χ3v) is 3.42. The van der Waals surface area contributed by atoms with Gasteiger partial charge in [0.2, 0.25) is 5.91 Å². The van der Waals surface area contributed by atoms with Crippen molar-refractivity contribution in [3.63, 3.8) is 0 Å². The summed E-state index contributed by atoms with van der Waals surface area (Å²) in [6, 6.07) is 5.54. The molecule has 25 heavy (non-hydrogen) atoms. The Labute approximate surface area is 150 Å². The highest BCUT2D eigenvalue weighted by Crippen LogP contribution is 2.03. The summed E-state index contributed by atoms with van der Waals surface area (Å²) in [5.74, 6) is 1.19. The number of pyridine rings is 1. The van der Waals surface area contributed by atoms with Crippen molar-refractivity contribution in [2.24, 2.45) is 4.99 Å². The number of aryl methyl sites for hydroxylation is 1. The molecule has 0 saturated carbocycles. The number of ether oxygens (including phenoxy) is 1. The Morgan fingerprint density at radius 3 is 2.68 bits per heavy atom. The second kappa shape index (κ2) is 13.2. The van der Waals surface area contributed by atoms with Crippen molar-refractivity contribution in [2.75, 3.05) is 38.7 Å². The normalized spacial score (nSPS) is 11.2. The fourth-order valence-corrected chi connectivity index (χ4v) is 2.06. The molecule has 0 aliphatic carbocycles. The quantitative estimate of drug-likeness (QED) is 0.323. The SMILES string of the molecule is CCCCOCCCNC(=NC)NCCC(=O)Nc1cccc(C)n1. The Hall–Kier alpha value is -2.15. The molecular formula is C18H31N5O2. The van der Waals surface area contributed by atoms with Crippen LogP contribution in [0.3, 0.4) is 0 Å². The fourth-order valence-electron chi connectivity index (χ4n) is 2.06. The van der Waals surface area contributed by atoms with Crippen molar-refractivity contribution in [3.8, 4) is 0 Å². The van der Waals surface area contributed by atoms with E-state index in [0.29, 0.717) is 24.7 Å². The van der Waals surface area contributed by atoms with E-state index in [0.717, 1.165) is 44.7 Å². The Balaban J connectivity index is 2.12. The van der Waals surface area contributed by atoms with E-state index in [1.165, 1.54) is 0 Å². The summed E-state index contributed by atoms with van der Waals surface area (Å²) in [5, 5.41) is 9.12. The van der Waals surface area contributed by atoms with E-state index < -0.39 is 0 Å². The topological polar surface area (TPSA) is 87.6 Å². The van der Waals surface area contributed by atoms with Gasteiger partial charge in [0.1, 0.15) is 5.82 Å². The first-order valence-corrected chi connectivity index (χ1v) is 8.91. The van der Waals surface area contributed by atoms with E-state index in [2.05, 4.69) is 32.9 Å². The summed E-state index contributed by atoms with van der Waals surface area (Å²) >= 11 is 0. The van der Waals surface area contributed by atoms with Crippen LogP contribution in [-0.4, -0.2) is 50.2 Å². The van der Waals surface area contributed by atoms with E-state index in [1.54, 1.807) is 13.1 Å². The molecule has 7 heteroatoms. The molecule has 0 bridgehead atoms. The minimum Gasteiger partial charge on any atom is -0.381 e. The molecule has 0 saturated heterocycles. The van der Waals surface area contributed by atoms with E-state index >= 15 is 0 Å². The predicted octanol–water partition coefficient (Wildman–Crippen LogP) is 2.09. The van der Waals surface area contributed by atoms with Crippen LogP contribution in [0.4, 0.5) is 5.82 Å². The number of aromatic nitrogens is 1. The molecule has 3 N–H and O–H groups in total. The Kier molecular flexibility index (Phi) is 11.0. The molecule has 0 aliphatic rings. The van der Waals surface area contributed by atoms with Crippen LogP contribution in [0.5, 0.6) is 0 Å². The Morgan fingerprint density at radius 1 is 1.20 bits per heavy atom. The van der Waals surface area contributed by atoms with Crippen LogP contribution in [-0.2, 0) is 9.53 Å². The third-order valence-electron chi connectivity index (χ3n) is 3.42. The van der Waals surface area contributed by atoms with Crippen molar-refractivity contribution in [3.05, 3.63) is 23.9 Å². The van der Waals surface area contributed by atoms with E-state index in [1.807, 2.05) is 19.1 Å². The lowest BCUT2D eigenvalue weighted by atomic mass is 10.3. The van der Waals surface area contributed by atoms with Crippen LogP contribution in [0.1, 0.15) is 38.3 Å². The van der Waals surface area contributed by atoms with Crippen LogP contribution < -0.4 is 16.0 Å². The summed E-state index contributed by atoms with van der Waals surface area (Å²) in [6.45, 7) is 6.90. The lowest BCUT2D eigenvalue weighted by molar-refractivity contribution is -0.116. The number of nitrogens with one attached hydrogen (secondary N) is 3. The van der Waals surface area contributed by atoms with Gasteiger partial charge in [-0.2, -0.15) is 0 Å². The van der Waals surface area contributed by atoms with Crippen LogP contribution in [0, 0.1) is 6.92 Å². The van der Waals surface area contributed by atoms with Crippen LogP contribution in [0.25, 0.3) is 0 Å². The molecule has 1 amide bonds. The minimum absolute atomic E-state index is 0.0784. The van der Waals surface area contributed by atoms with Crippen LogP contribution >= 0.6 is 0 Å². The first kappa shape index (κ1) is 20.9. The highest BCUT2D eigenvalue weighted by Gasteiger charge is 2.04. The summed E-state index contributed by atoms with van der Waals surface area (Å²) in [5.41, 5.74) is 0.874. The molecule has 0 atom stereocenters. The van der Waals surface area contributed by atoms with E-state index in [9.17, 15) is 4.79 Å². The minimum atomic E-state index is -0.0784. The summed E-state index contributed by atoms with van der Waals surface area (Å²) in [6.07, 6.45) is 3.53. The second-order valence-corrected chi connectivity index (χ2v) is 5.71. The zero-order valence-electron chi connectivity index (χ0n) is 15.6. The number of hydrogen-bond acceptors (Lipinski definition) is 4. The zero-order chi connectivity index (χ0) is 18.3. The van der Waals surface area contributed by atoms with Gasteiger partial charge in [-0.05, 0) is 31.9 Å². The van der Waals surface area contributed by atoms with Gasteiger partial charge in [-0.15, -0.1) is 0 Å². The van der Waals surface area contributed by atoms with E-state index in [4.69, 9.17) is 4.74 Å². The first-order valence-electron chi connectivity index (χ1n) is 8.91. The van der Waals surface area contributed by atoms with Gasteiger partial charge in [0.05, 0.1) is 0 Å². The zero-order valence-corrected chi connectivity index (χ0v) is 15.6. The molecule has 0 radical (unpaired) electrons. The number of guanidine groups is 1. The molecule has 1 aromatic rings. The largest absolute Gasteiger partial charge is 0.381 e. The van der Waals surface area contributed by atoms with Gasteiger partial charge in [-0.1, -0.05) is 19.4 Å². The lowest BCUT2D eigenvalue weighted by Gasteiger charge is -2.12. The monoisotopic (exact) mass is 349 g/mol. The van der Waals surface area contributed by atoms with Gasteiger partial charge in [-0.3, -0.25) is 9.79 Å². The van der Waals surface area contributed by atoms with Gasteiger partial charge in [0, 0.05) is 45.5 Å².